The Balaban J connectivity index is 2.29. The molecule has 0 amide bonds. The number of hydrogen-bond donors (Lipinski definition) is 0. The van der Waals surface area contributed by atoms with Gasteiger partial charge in [-0.15, -0.1) is 9.60 Å². The molecule has 0 bridgehead atoms. The van der Waals surface area contributed by atoms with Crippen molar-refractivity contribution in [3.63, 3.8) is 0 Å². The van der Waals surface area contributed by atoms with Crippen LogP contribution in [0.5, 0.6) is 0 Å². The number of hydrogen-bond acceptors (Lipinski definition) is 1. The minimum Gasteiger partial charge on any atom is -0.146 e. The molecule has 1 fully saturated rings. The van der Waals surface area contributed by atoms with Gasteiger partial charge in [-0.25, -0.2) is 0 Å². The van der Waals surface area contributed by atoms with Crippen LogP contribution in [-0.2, 0) is 0 Å². The molecule has 0 spiro atoms. The highest BCUT2D eigenvalue weighted by atomic mass is 19.2. The summed E-state index contributed by atoms with van der Waals surface area (Å²) in [6.45, 7) is 4.84. The lowest BCUT2D eigenvalue weighted by Gasteiger charge is -2.18. The van der Waals surface area contributed by atoms with Gasteiger partial charge in [-0.3, -0.25) is 0 Å². The van der Waals surface area contributed by atoms with Crippen LogP contribution in [0.25, 0.3) is 0 Å². The van der Waals surface area contributed by atoms with E-state index < -0.39 is 0 Å². The van der Waals surface area contributed by atoms with Crippen LogP contribution in [0, 0.1) is 0 Å². The Morgan fingerprint density at radius 2 is 1.88 bits per heavy atom. The van der Waals surface area contributed by atoms with Gasteiger partial charge < -0.3 is 0 Å². The molecule has 0 radical (unpaired) electrons. The molecule has 0 aromatic carbocycles. The van der Waals surface area contributed by atoms with E-state index in [1.54, 1.807) is 0 Å². The normalized spacial score (nSPS) is 23.9. The van der Waals surface area contributed by atoms with Gasteiger partial charge in [0.05, 0.1) is 0 Å². The van der Waals surface area contributed by atoms with Crippen molar-refractivity contribution in [1.82, 2.24) is 5.12 Å². The maximum absolute atomic E-state index is 12.1. The zero-order valence-corrected chi connectivity index (χ0v) is 4.86. The smallest absolute Gasteiger partial charge is 0.0327 e. The monoisotopic (exact) mass is 115 g/mol. The van der Waals surface area contributed by atoms with E-state index in [0.29, 0.717) is 13.1 Å². The second kappa shape index (κ2) is 2.27. The van der Waals surface area contributed by atoms with Gasteiger partial charge in [0.25, 0.3) is 0 Å². The first kappa shape index (κ1) is 5.76. The van der Waals surface area contributed by atoms with E-state index in [0.717, 1.165) is 18.0 Å². The molecule has 0 unspecified atom stereocenters. The van der Waals surface area contributed by atoms with E-state index in [2.05, 4.69) is 6.58 Å². The van der Waals surface area contributed by atoms with Gasteiger partial charge >= 0.3 is 0 Å². The van der Waals surface area contributed by atoms with Crippen molar-refractivity contribution in [2.45, 2.75) is 12.8 Å². The zero-order valence-electron chi connectivity index (χ0n) is 4.86. The van der Waals surface area contributed by atoms with Crippen LogP contribution < -0.4 is 0 Å². The highest BCUT2D eigenvalue weighted by Crippen LogP contribution is 2.12. The van der Waals surface area contributed by atoms with E-state index in [1.165, 1.54) is 5.57 Å². The number of piperidine rings is 1. The molecule has 0 saturated carbocycles. The van der Waals surface area contributed by atoms with Crippen LogP contribution in [0.1, 0.15) is 12.8 Å². The largest absolute Gasteiger partial charge is 0.146 e. The maximum Gasteiger partial charge on any atom is 0.0327 e. The molecule has 1 aliphatic rings. The van der Waals surface area contributed by atoms with Crippen molar-refractivity contribution in [2.24, 2.45) is 0 Å². The fourth-order valence-electron chi connectivity index (χ4n) is 0.796. The minimum atomic E-state index is 0.541. The van der Waals surface area contributed by atoms with E-state index >= 15 is 0 Å². The minimum absolute atomic E-state index is 0.541. The summed E-state index contributed by atoms with van der Waals surface area (Å²) in [5.74, 6) is 0. The molecule has 1 heterocycles. The molecule has 46 valence electrons. The summed E-state index contributed by atoms with van der Waals surface area (Å²) in [6, 6.07) is 0. The summed E-state index contributed by atoms with van der Waals surface area (Å²) in [5, 5.41) is 0.842. The number of nitrogens with zero attached hydrogens (tertiary/aromatic N) is 1. The van der Waals surface area contributed by atoms with Crippen molar-refractivity contribution in [2.75, 3.05) is 13.1 Å². The second-order valence-electron chi connectivity index (χ2n) is 2.16. The van der Waals surface area contributed by atoms with E-state index in [9.17, 15) is 4.48 Å². The second-order valence-corrected chi connectivity index (χ2v) is 2.16. The first-order valence-electron chi connectivity index (χ1n) is 2.86. The average Bonchev–Trinajstić information content (AvgIpc) is 1.77. The Kier molecular flexibility index (Phi) is 1.63. The van der Waals surface area contributed by atoms with Crippen LogP contribution in [0.15, 0.2) is 12.2 Å². The molecule has 0 N–H and O–H groups in total. The van der Waals surface area contributed by atoms with Crippen LogP contribution in [0.2, 0.25) is 0 Å². The summed E-state index contributed by atoms with van der Waals surface area (Å²) >= 11 is 0. The van der Waals surface area contributed by atoms with Crippen molar-refractivity contribution in [3.05, 3.63) is 12.2 Å². The molecule has 1 nitrogen and oxygen atoms in total. The molecule has 0 aromatic rings. The van der Waals surface area contributed by atoms with Gasteiger partial charge in [-0.2, -0.15) is 0 Å². The maximum atomic E-state index is 12.1. The first-order valence-corrected chi connectivity index (χ1v) is 2.86. The summed E-state index contributed by atoms with van der Waals surface area (Å²) in [7, 11) is 0. The van der Waals surface area contributed by atoms with Crippen molar-refractivity contribution < 1.29 is 4.48 Å². The number of halogens is 1. The quantitative estimate of drug-likeness (QED) is 0.342. The van der Waals surface area contributed by atoms with Crippen LogP contribution in [0.4, 0.5) is 4.48 Å². The molecule has 0 aliphatic carbocycles. The predicted octanol–water partition coefficient (Wildman–Crippen LogP) is 1.52. The Morgan fingerprint density at radius 3 is 2.25 bits per heavy atom. The highest BCUT2D eigenvalue weighted by Gasteiger charge is 2.09. The molecule has 0 aromatic heterocycles. The Bertz CT molecular complexity index is 90.7. The van der Waals surface area contributed by atoms with Gasteiger partial charge in [-0.1, -0.05) is 12.2 Å². The molecule has 0 atom stereocenters. The topological polar surface area (TPSA) is 3.24 Å². The zero-order chi connectivity index (χ0) is 5.98. The van der Waals surface area contributed by atoms with Gasteiger partial charge in [-0.05, 0) is 12.8 Å². The highest BCUT2D eigenvalue weighted by molar-refractivity contribution is 4.97. The molecular weight excluding hydrogens is 105 g/mol. The molecule has 1 aliphatic heterocycles. The molecule has 1 saturated heterocycles. The van der Waals surface area contributed by atoms with Crippen molar-refractivity contribution in [3.8, 4) is 0 Å². The van der Waals surface area contributed by atoms with Gasteiger partial charge in [0.1, 0.15) is 0 Å². The van der Waals surface area contributed by atoms with E-state index in [-0.39, 0.29) is 0 Å². The Morgan fingerprint density at radius 1 is 1.38 bits per heavy atom. The SMILES string of the molecule is C=C1CCN(F)CC1. The summed E-state index contributed by atoms with van der Waals surface area (Å²) in [5.41, 5.74) is 1.18. The molecular formula is C6H10FN. The first-order chi connectivity index (χ1) is 3.79. The van der Waals surface area contributed by atoms with Crippen molar-refractivity contribution in [1.29, 1.82) is 0 Å². The molecule has 8 heavy (non-hydrogen) atoms. The Hall–Kier alpha value is -0.370. The summed E-state index contributed by atoms with van der Waals surface area (Å²) < 4.78 is 12.1. The lowest BCUT2D eigenvalue weighted by Crippen LogP contribution is -2.22. The lowest BCUT2D eigenvalue weighted by atomic mass is 10.1. The lowest BCUT2D eigenvalue weighted by molar-refractivity contribution is 0.0175. The van der Waals surface area contributed by atoms with Gasteiger partial charge in [0.2, 0.25) is 0 Å². The average molecular weight is 115 g/mol. The third-order valence-corrected chi connectivity index (χ3v) is 1.42. The van der Waals surface area contributed by atoms with Crippen LogP contribution in [-0.4, -0.2) is 18.2 Å². The molecule has 2 heteroatoms. The fourth-order valence-corrected chi connectivity index (χ4v) is 0.796. The molecule has 1 rings (SSSR count). The third-order valence-electron chi connectivity index (χ3n) is 1.42. The Labute approximate surface area is 48.7 Å². The van der Waals surface area contributed by atoms with Crippen molar-refractivity contribution >= 4 is 0 Å². The van der Waals surface area contributed by atoms with Gasteiger partial charge in [0.15, 0.2) is 0 Å². The number of rotatable bonds is 0. The van der Waals surface area contributed by atoms with Gasteiger partial charge in [0, 0.05) is 13.1 Å². The van der Waals surface area contributed by atoms with E-state index in [1.807, 2.05) is 0 Å². The summed E-state index contributed by atoms with van der Waals surface area (Å²) in [4.78, 5) is 0. The third kappa shape index (κ3) is 1.30. The summed E-state index contributed by atoms with van der Waals surface area (Å²) in [6.07, 6.45) is 1.66. The van der Waals surface area contributed by atoms with Crippen LogP contribution >= 0.6 is 0 Å². The standard InChI is InChI=1S/C6H10FN/c1-6-2-4-8(7)5-3-6/h1-5H2. The van der Waals surface area contributed by atoms with Crippen LogP contribution in [0.3, 0.4) is 0 Å². The fraction of sp³-hybridized carbons (Fsp3) is 0.667. The van der Waals surface area contributed by atoms with E-state index in [4.69, 9.17) is 0 Å². The predicted molar refractivity (Wildman–Crippen MR) is 31.1 cm³/mol.